The fourth-order valence-corrected chi connectivity index (χ4v) is 2.37. The smallest absolute Gasteiger partial charge is 0.137 e. The van der Waals surface area contributed by atoms with Crippen LogP contribution in [0.2, 0.25) is 5.02 Å². The van der Waals surface area contributed by atoms with E-state index in [4.69, 9.17) is 22.1 Å². The molecule has 0 aliphatic carbocycles. The van der Waals surface area contributed by atoms with E-state index in [0.717, 1.165) is 18.8 Å². The van der Waals surface area contributed by atoms with Gasteiger partial charge in [0.2, 0.25) is 0 Å². The Balaban J connectivity index is 1.89. The van der Waals surface area contributed by atoms with Crippen molar-refractivity contribution in [1.29, 1.82) is 0 Å². The molecule has 1 aromatic rings. The van der Waals surface area contributed by atoms with Gasteiger partial charge in [-0.2, -0.15) is 0 Å². The van der Waals surface area contributed by atoms with Crippen LogP contribution in [0.4, 0.5) is 0 Å². The summed E-state index contributed by atoms with van der Waals surface area (Å²) in [7, 11) is 0. The average molecular weight is 255 g/mol. The van der Waals surface area contributed by atoms with E-state index in [0.29, 0.717) is 24.2 Å². The van der Waals surface area contributed by atoms with Crippen LogP contribution in [0.5, 0.6) is 5.75 Å². The maximum atomic E-state index is 6.04. The van der Waals surface area contributed by atoms with E-state index in [2.05, 4.69) is 4.90 Å². The standard InChI is InChI=1S/C13H19ClN2O/c14-12-5-1-2-6-13(12)17-10-11(9-15)16-7-3-4-8-16/h1-2,5-6,11H,3-4,7-10,15H2. The first kappa shape index (κ1) is 12.7. The van der Waals surface area contributed by atoms with Crippen LogP contribution in [-0.2, 0) is 0 Å². The molecule has 0 saturated carbocycles. The number of rotatable bonds is 5. The molecular weight excluding hydrogens is 236 g/mol. The highest BCUT2D eigenvalue weighted by atomic mass is 35.5. The summed E-state index contributed by atoms with van der Waals surface area (Å²) in [5, 5.41) is 0.657. The fourth-order valence-electron chi connectivity index (χ4n) is 2.18. The maximum absolute atomic E-state index is 6.04. The molecule has 0 radical (unpaired) electrons. The van der Waals surface area contributed by atoms with Crippen molar-refractivity contribution in [2.24, 2.45) is 5.73 Å². The number of likely N-dealkylation sites (tertiary alicyclic amines) is 1. The van der Waals surface area contributed by atoms with Crippen molar-refractivity contribution in [3.8, 4) is 5.75 Å². The second kappa shape index (κ2) is 6.24. The van der Waals surface area contributed by atoms with E-state index in [1.54, 1.807) is 0 Å². The lowest BCUT2D eigenvalue weighted by molar-refractivity contribution is 0.165. The molecule has 1 aliphatic heterocycles. The van der Waals surface area contributed by atoms with Gasteiger partial charge in [-0.05, 0) is 38.1 Å². The molecule has 1 fully saturated rings. The van der Waals surface area contributed by atoms with Crippen LogP contribution in [0.3, 0.4) is 0 Å². The number of nitrogens with two attached hydrogens (primary N) is 1. The molecule has 94 valence electrons. The minimum atomic E-state index is 0.300. The van der Waals surface area contributed by atoms with Crippen molar-refractivity contribution in [2.75, 3.05) is 26.2 Å². The highest BCUT2D eigenvalue weighted by Crippen LogP contribution is 2.23. The second-order valence-corrected chi connectivity index (χ2v) is 4.78. The quantitative estimate of drug-likeness (QED) is 0.875. The van der Waals surface area contributed by atoms with Crippen LogP contribution in [0.25, 0.3) is 0 Å². The number of hydrogen-bond donors (Lipinski definition) is 1. The number of benzene rings is 1. The largest absolute Gasteiger partial charge is 0.490 e. The van der Waals surface area contributed by atoms with E-state index in [9.17, 15) is 0 Å². The number of halogens is 1. The van der Waals surface area contributed by atoms with Gasteiger partial charge in [0.15, 0.2) is 0 Å². The van der Waals surface area contributed by atoms with Crippen LogP contribution in [0.1, 0.15) is 12.8 Å². The lowest BCUT2D eigenvalue weighted by Crippen LogP contribution is -2.42. The van der Waals surface area contributed by atoms with Gasteiger partial charge in [0.05, 0.1) is 11.1 Å². The van der Waals surface area contributed by atoms with Gasteiger partial charge in [0.25, 0.3) is 0 Å². The summed E-state index contributed by atoms with van der Waals surface area (Å²) in [5.74, 6) is 0.742. The molecule has 1 unspecified atom stereocenters. The predicted molar refractivity (Wildman–Crippen MR) is 70.6 cm³/mol. The number of nitrogens with zero attached hydrogens (tertiary/aromatic N) is 1. The zero-order chi connectivity index (χ0) is 12.1. The Hall–Kier alpha value is -0.770. The number of para-hydroxylation sites is 1. The first-order valence-electron chi connectivity index (χ1n) is 6.12. The van der Waals surface area contributed by atoms with Gasteiger partial charge in [0, 0.05) is 6.54 Å². The Kier molecular flexibility index (Phi) is 4.66. The molecule has 1 heterocycles. The molecule has 0 amide bonds. The summed E-state index contributed by atoms with van der Waals surface area (Å²) >= 11 is 6.04. The Morgan fingerprint density at radius 2 is 2.00 bits per heavy atom. The van der Waals surface area contributed by atoms with Crippen LogP contribution in [0.15, 0.2) is 24.3 Å². The molecule has 2 rings (SSSR count). The zero-order valence-electron chi connectivity index (χ0n) is 9.94. The van der Waals surface area contributed by atoms with Crippen LogP contribution >= 0.6 is 11.6 Å². The minimum absolute atomic E-state index is 0.300. The number of ether oxygens (including phenoxy) is 1. The molecular formula is C13H19ClN2O. The summed E-state index contributed by atoms with van der Waals surface area (Å²) in [4.78, 5) is 2.40. The Labute approximate surface area is 107 Å². The molecule has 0 bridgehead atoms. The molecule has 2 N–H and O–H groups in total. The SMILES string of the molecule is NCC(COc1ccccc1Cl)N1CCCC1. The third-order valence-corrected chi connectivity index (χ3v) is 3.51. The van der Waals surface area contributed by atoms with Crippen LogP contribution in [-0.4, -0.2) is 37.2 Å². The van der Waals surface area contributed by atoms with Crippen LogP contribution < -0.4 is 10.5 Å². The lowest BCUT2D eigenvalue weighted by atomic mass is 10.2. The van der Waals surface area contributed by atoms with Crippen molar-refractivity contribution >= 4 is 11.6 Å². The first-order valence-corrected chi connectivity index (χ1v) is 6.50. The molecule has 0 aromatic heterocycles. The highest BCUT2D eigenvalue weighted by Gasteiger charge is 2.21. The highest BCUT2D eigenvalue weighted by molar-refractivity contribution is 6.32. The van der Waals surface area contributed by atoms with E-state index in [1.807, 2.05) is 24.3 Å². The summed E-state index contributed by atoms with van der Waals surface area (Å²) in [5.41, 5.74) is 5.80. The third-order valence-electron chi connectivity index (χ3n) is 3.20. The van der Waals surface area contributed by atoms with Crippen molar-refractivity contribution in [3.63, 3.8) is 0 Å². The molecule has 1 aromatic carbocycles. The van der Waals surface area contributed by atoms with Gasteiger partial charge in [-0.1, -0.05) is 23.7 Å². The zero-order valence-corrected chi connectivity index (χ0v) is 10.7. The van der Waals surface area contributed by atoms with E-state index in [-0.39, 0.29) is 0 Å². The van der Waals surface area contributed by atoms with Crippen molar-refractivity contribution in [2.45, 2.75) is 18.9 Å². The summed E-state index contributed by atoms with van der Waals surface area (Å²) < 4.78 is 5.75. The predicted octanol–water partition coefficient (Wildman–Crippen LogP) is 2.14. The summed E-state index contributed by atoms with van der Waals surface area (Å²) in [6.45, 7) is 3.51. The third kappa shape index (κ3) is 3.35. The topological polar surface area (TPSA) is 38.5 Å². The van der Waals surface area contributed by atoms with E-state index < -0.39 is 0 Å². The van der Waals surface area contributed by atoms with Gasteiger partial charge in [0.1, 0.15) is 12.4 Å². The molecule has 17 heavy (non-hydrogen) atoms. The summed E-state index contributed by atoms with van der Waals surface area (Å²) in [6, 6.07) is 7.85. The van der Waals surface area contributed by atoms with Gasteiger partial charge in [-0.25, -0.2) is 0 Å². The molecule has 4 heteroatoms. The van der Waals surface area contributed by atoms with Crippen molar-refractivity contribution in [3.05, 3.63) is 29.3 Å². The van der Waals surface area contributed by atoms with Gasteiger partial charge in [-0.3, -0.25) is 4.90 Å². The monoisotopic (exact) mass is 254 g/mol. The Morgan fingerprint density at radius 3 is 2.65 bits per heavy atom. The normalized spacial score (nSPS) is 18.2. The van der Waals surface area contributed by atoms with Gasteiger partial charge < -0.3 is 10.5 Å². The van der Waals surface area contributed by atoms with Gasteiger partial charge >= 0.3 is 0 Å². The molecule has 1 saturated heterocycles. The maximum Gasteiger partial charge on any atom is 0.137 e. The van der Waals surface area contributed by atoms with Crippen LogP contribution in [0, 0.1) is 0 Å². The Morgan fingerprint density at radius 1 is 1.29 bits per heavy atom. The second-order valence-electron chi connectivity index (χ2n) is 4.37. The average Bonchev–Trinajstić information content (AvgIpc) is 2.86. The molecule has 1 aliphatic rings. The molecule has 0 spiro atoms. The Bertz CT molecular complexity index is 353. The molecule has 1 atom stereocenters. The first-order chi connectivity index (χ1) is 8.31. The van der Waals surface area contributed by atoms with Gasteiger partial charge in [-0.15, -0.1) is 0 Å². The van der Waals surface area contributed by atoms with Crippen molar-refractivity contribution < 1.29 is 4.74 Å². The minimum Gasteiger partial charge on any atom is -0.490 e. The number of hydrogen-bond acceptors (Lipinski definition) is 3. The van der Waals surface area contributed by atoms with Crippen molar-refractivity contribution in [1.82, 2.24) is 4.90 Å². The lowest BCUT2D eigenvalue weighted by Gasteiger charge is -2.26. The fraction of sp³-hybridized carbons (Fsp3) is 0.538. The summed E-state index contributed by atoms with van der Waals surface area (Å²) in [6.07, 6.45) is 2.53. The molecule has 3 nitrogen and oxygen atoms in total. The van der Waals surface area contributed by atoms with E-state index in [1.165, 1.54) is 12.8 Å². The van der Waals surface area contributed by atoms with E-state index >= 15 is 0 Å².